The van der Waals surface area contributed by atoms with Gasteiger partial charge in [0.1, 0.15) is 0 Å². The number of nitrogen functional groups attached to an aromatic ring is 1. The molecular formula is C11H16N4. The Morgan fingerprint density at radius 2 is 2.20 bits per heavy atom. The number of guanidine groups is 1. The van der Waals surface area contributed by atoms with Crippen LogP contribution in [0.3, 0.4) is 0 Å². The quantitative estimate of drug-likeness (QED) is 0.595. The van der Waals surface area contributed by atoms with Crippen molar-refractivity contribution in [3.8, 4) is 0 Å². The summed E-state index contributed by atoms with van der Waals surface area (Å²) in [7, 11) is 0. The number of aryl methyl sites for hydroxylation is 1. The van der Waals surface area contributed by atoms with Gasteiger partial charge in [-0.05, 0) is 30.5 Å². The van der Waals surface area contributed by atoms with Crippen LogP contribution in [-0.4, -0.2) is 12.5 Å². The second-order valence-corrected chi connectivity index (χ2v) is 3.87. The molecule has 0 spiro atoms. The normalized spacial score (nSPS) is 20.6. The Morgan fingerprint density at radius 3 is 2.87 bits per heavy atom. The van der Waals surface area contributed by atoms with E-state index >= 15 is 0 Å². The average molecular weight is 204 g/mol. The van der Waals surface area contributed by atoms with Gasteiger partial charge in [0.2, 0.25) is 0 Å². The minimum absolute atomic E-state index is 0.241. The zero-order chi connectivity index (χ0) is 10.8. The molecule has 2 rings (SSSR count). The van der Waals surface area contributed by atoms with Crippen LogP contribution in [0.15, 0.2) is 23.2 Å². The predicted octanol–water partition coefficient (Wildman–Crippen LogP) is 0.926. The molecule has 0 aliphatic carbocycles. The fourth-order valence-corrected chi connectivity index (χ4v) is 1.74. The molecule has 0 fully saturated rings. The summed E-state index contributed by atoms with van der Waals surface area (Å²) in [6.07, 6.45) is 0.962. The van der Waals surface area contributed by atoms with Crippen molar-refractivity contribution in [2.45, 2.75) is 19.4 Å². The Labute approximate surface area is 89.4 Å². The van der Waals surface area contributed by atoms with Crippen LogP contribution in [-0.2, 0) is 0 Å². The number of nitrogens with one attached hydrogen (secondary N) is 1. The van der Waals surface area contributed by atoms with E-state index in [0.29, 0.717) is 5.96 Å². The molecule has 15 heavy (non-hydrogen) atoms. The maximum Gasteiger partial charge on any atom is 0.189 e. The van der Waals surface area contributed by atoms with Crippen molar-refractivity contribution in [3.05, 3.63) is 29.3 Å². The van der Waals surface area contributed by atoms with Gasteiger partial charge >= 0.3 is 0 Å². The van der Waals surface area contributed by atoms with Crippen molar-refractivity contribution in [2.75, 3.05) is 12.3 Å². The Bertz CT molecular complexity index is 398. The second kappa shape index (κ2) is 3.81. The Morgan fingerprint density at radius 1 is 1.40 bits per heavy atom. The SMILES string of the molecule is Cc1ccc(C2CCN=C(N)N2)cc1N. The van der Waals surface area contributed by atoms with E-state index in [-0.39, 0.29) is 6.04 Å². The third kappa shape index (κ3) is 2.03. The smallest absolute Gasteiger partial charge is 0.189 e. The highest BCUT2D eigenvalue weighted by Gasteiger charge is 2.15. The highest BCUT2D eigenvalue weighted by atomic mass is 15.1. The fourth-order valence-electron chi connectivity index (χ4n) is 1.74. The Balaban J connectivity index is 2.23. The summed E-state index contributed by atoms with van der Waals surface area (Å²) in [5.41, 5.74) is 14.6. The number of hydrogen-bond donors (Lipinski definition) is 3. The first-order chi connectivity index (χ1) is 7.16. The number of aliphatic imine (C=N–C) groups is 1. The molecular weight excluding hydrogens is 188 g/mol. The van der Waals surface area contributed by atoms with Gasteiger partial charge in [-0.3, -0.25) is 4.99 Å². The summed E-state index contributed by atoms with van der Waals surface area (Å²) in [4.78, 5) is 4.10. The average Bonchev–Trinajstić information content (AvgIpc) is 2.22. The van der Waals surface area contributed by atoms with Gasteiger partial charge in [-0.1, -0.05) is 12.1 Å². The zero-order valence-corrected chi connectivity index (χ0v) is 8.83. The van der Waals surface area contributed by atoms with Crippen molar-refractivity contribution in [3.63, 3.8) is 0 Å². The molecule has 0 amide bonds. The van der Waals surface area contributed by atoms with Crippen LogP contribution in [0.2, 0.25) is 0 Å². The number of benzene rings is 1. The monoisotopic (exact) mass is 204 g/mol. The molecule has 1 aliphatic heterocycles. The molecule has 5 N–H and O–H groups in total. The number of nitrogens with zero attached hydrogens (tertiary/aromatic N) is 1. The van der Waals surface area contributed by atoms with E-state index in [2.05, 4.69) is 16.4 Å². The van der Waals surface area contributed by atoms with Crippen LogP contribution in [0, 0.1) is 6.92 Å². The molecule has 0 radical (unpaired) electrons. The number of hydrogen-bond acceptors (Lipinski definition) is 4. The molecule has 4 nitrogen and oxygen atoms in total. The summed E-state index contributed by atoms with van der Waals surface area (Å²) < 4.78 is 0. The number of nitrogens with two attached hydrogens (primary N) is 2. The van der Waals surface area contributed by atoms with Crippen molar-refractivity contribution in [1.29, 1.82) is 0 Å². The highest BCUT2D eigenvalue weighted by Crippen LogP contribution is 2.22. The Hall–Kier alpha value is -1.71. The van der Waals surface area contributed by atoms with Crippen LogP contribution >= 0.6 is 0 Å². The molecule has 1 unspecified atom stereocenters. The molecule has 0 aromatic heterocycles. The summed E-state index contributed by atoms with van der Waals surface area (Å²) in [6.45, 7) is 2.78. The van der Waals surface area contributed by atoms with Gasteiger partial charge in [0.05, 0.1) is 6.04 Å². The van der Waals surface area contributed by atoms with Crippen molar-refractivity contribution >= 4 is 11.6 Å². The second-order valence-electron chi connectivity index (χ2n) is 3.87. The third-order valence-electron chi connectivity index (χ3n) is 2.73. The highest BCUT2D eigenvalue weighted by molar-refractivity contribution is 5.79. The van der Waals surface area contributed by atoms with E-state index in [9.17, 15) is 0 Å². The first-order valence-corrected chi connectivity index (χ1v) is 5.09. The lowest BCUT2D eigenvalue weighted by Crippen LogP contribution is -2.38. The lowest BCUT2D eigenvalue weighted by atomic mass is 10.0. The van der Waals surface area contributed by atoms with E-state index in [1.54, 1.807) is 0 Å². The van der Waals surface area contributed by atoms with Gasteiger partial charge in [0.15, 0.2) is 5.96 Å². The van der Waals surface area contributed by atoms with Crippen LogP contribution in [0.5, 0.6) is 0 Å². The van der Waals surface area contributed by atoms with Crippen LogP contribution in [0.4, 0.5) is 5.69 Å². The van der Waals surface area contributed by atoms with Gasteiger partial charge in [0.25, 0.3) is 0 Å². The minimum atomic E-state index is 0.241. The van der Waals surface area contributed by atoms with E-state index < -0.39 is 0 Å². The van der Waals surface area contributed by atoms with Gasteiger partial charge in [-0.25, -0.2) is 0 Å². The molecule has 1 heterocycles. The van der Waals surface area contributed by atoms with Crippen molar-refractivity contribution < 1.29 is 0 Å². The maximum atomic E-state index is 5.87. The summed E-state index contributed by atoms with van der Waals surface area (Å²) in [6, 6.07) is 6.37. The summed E-state index contributed by atoms with van der Waals surface area (Å²) >= 11 is 0. The van der Waals surface area contributed by atoms with E-state index in [4.69, 9.17) is 11.5 Å². The lowest BCUT2D eigenvalue weighted by molar-refractivity contribution is 0.569. The summed E-state index contributed by atoms with van der Waals surface area (Å²) in [5.74, 6) is 0.519. The molecule has 4 heteroatoms. The van der Waals surface area contributed by atoms with E-state index in [1.807, 2.05) is 19.1 Å². The van der Waals surface area contributed by atoms with E-state index in [1.165, 1.54) is 5.56 Å². The maximum absolute atomic E-state index is 5.87. The van der Waals surface area contributed by atoms with Crippen molar-refractivity contribution in [2.24, 2.45) is 10.7 Å². The molecule has 1 aromatic carbocycles. The van der Waals surface area contributed by atoms with Gasteiger partial charge in [-0.15, -0.1) is 0 Å². The minimum Gasteiger partial charge on any atom is -0.399 e. The zero-order valence-electron chi connectivity index (χ0n) is 8.83. The molecule has 0 saturated heterocycles. The van der Waals surface area contributed by atoms with Crippen LogP contribution in [0.1, 0.15) is 23.6 Å². The number of rotatable bonds is 1. The van der Waals surface area contributed by atoms with Crippen LogP contribution < -0.4 is 16.8 Å². The van der Waals surface area contributed by atoms with Gasteiger partial charge < -0.3 is 16.8 Å². The first kappa shape index (κ1) is 9.83. The largest absolute Gasteiger partial charge is 0.399 e. The third-order valence-corrected chi connectivity index (χ3v) is 2.73. The summed E-state index contributed by atoms with van der Waals surface area (Å²) in [5, 5.41) is 3.15. The molecule has 0 saturated carbocycles. The lowest BCUT2D eigenvalue weighted by Gasteiger charge is -2.23. The van der Waals surface area contributed by atoms with Gasteiger partial charge in [0, 0.05) is 12.2 Å². The van der Waals surface area contributed by atoms with Crippen LogP contribution in [0.25, 0.3) is 0 Å². The predicted molar refractivity (Wildman–Crippen MR) is 62.6 cm³/mol. The van der Waals surface area contributed by atoms with E-state index in [0.717, 1.165) is 24.2 Å². The molecule has 80 valence electrons. The Kier molecular flexibility index (Phi) is 2.49. The first-order valence-electron chi connectivity index (χ1n) is 5.09. The molecule has 1 aliphatic rings. The van der Waals surface area contributed by atoms with Gasteiger partial charge in [-0.2, -0.15) is 0 Å². The molecule has 1 aromatic rings. The molecule has 0 bridgehead atoms. The molecule has 1 atom stereocenters. The topological polar surface area (TPSA) is 76.4 Å². The fraction of sp³-hybridized carbons (Fsp3) is 0.364. The number of anilines is 1. The standard InChI is InChI=1S/C11H16N4/c1-7-2-3-8(6-9(7)12)10-4-5-14-11(13)15-10/h2-3,6,10H,4-5,12H2,1H3,(H3,13,14,15). The van der Waals surface area contributed by atoms with Crippen molar-refractivity contribution in [1.82, 2.24) is 5.32 Å².